The van der Waals surface area contributed by atoms with Gasteiger partial charge in [-0.1, -0.05) is 19.0 Å². The molecule has 2 rings (SSSR count). The quantitative estimate of drug-likeness (QED) is 0.798. The van der Waals surface area contributed by atoms with E-state index in [4.69, 9.17) is 15.0 Å². The predicted molar refractivity (Wildman–Crippen MR) is 67.1 cm³/mol. The van der Waals surface area contributed by atoms with Gasteiger partial charge in [0.25, 0.3) is 0 Å². The van der Waals surface area contributed by atoms with Crippen molar-refractivity contribution in [1.29, 1.82) is 0 Å². The molecule has 0 spiro atoms. The molecule has 0 amide bonds. The minimum Gasteiger partial charge on any atom is -0.379 e. The highest BCUT2D eigenvalue weighted by Gasteiger charge is 2.38. The molecule has 18 heavy (non-hydrogen) atoms. The molecule has 1 aliphatic heterocycles. The van der Waals surface area contributed by atoms with Crippen molar-refractivity contribution in [3.05, 3.63) is 11.7 Å². The number of hydrogen-bond donors (Lipinski definition) is 1. The van der Waals surface area contributed by atoms with Crippen LogP contribution in [0.4, 0.5) is 0 Å². The van der Waals surface area contributed by atoms with E-state index in [1.54, 1.807) is 0 Å². The van der Waals surface area contributed by atoms with Gasteiger partial charge in [-0.25, -0.2) is 0 Å². The molecule has 0 radical (unpaired) electrons. The molecule has 1 atom stereocenters. The third-order valence-electron chi connectivity index (χ3n) is 3.49. The normalized spacial score (nSPS) is 24.0. The van der Waals surface area contributed by atoms with Crippen LogP contribution in [0.3, 0.4) is 0 Å². The first-order valence-electron chi connectivity index (χ1n) is 6.60. The maximum absolute atomic E-state index is 6.17. The molecule has 0 saturated carbocycles. The lowest BCUT2D eigenvalue weighted by Crippen LogP contribution is -2.37. The second kappa shape index (κ2) is 5.77. The van der Waals surface area contributed by atoms with Crippen LogP contribution < -0.4 is 5.73 Å². The van der Waals surface area contributed by atoms with Crippen molar-refractivity contribution < 1.29 is 9.26 Å². The van der Waals surface area contributed by atoms with Crippen molar-refractivity contribution in [3.63, 3.8) is 0 Å². The van der Waals surface area contributed by atoms with Crippen LogP contribution in [-0.4, -0.2) is 47.9 Å². The van der Waals surface area contributed by atoms with E-state index in [9.17, 15) is 0 Å². The smallest absolute Gasteiger partial charge is 0.249 e. The molecular formula is C12H22N4O2. The Hall–Kier alpha value is -0.980. The molecule has 2 N–H and O–H groups in total. The fourth-order valence-electron chi connectivity index (χ4n) is 2.11. The summed E-state index contributed by atoms with van der Waals surface area (Å²) in [5.41, 5.74) is 5.59. The summed E-state index contributed by atoms with van der Waals surface area (Å²) in [7, 11) is 0. The first-order chi connectivity index (χ1) is 8.68. The van der Waals surface area contributed by atoms with Gasteiger partial charge in [0.1, 0.15) is 5.54 Å². The van der Waals surface area contributed by atoms with Crippen molar-refractivity contribution in [2.75, 3.05) is 32.8 Å². The van der Waals surface area contributed by atoms with E-state index in [-0.39, 0.29) is 0 Å². The largest absolute Gasteiger partial charge is 0.379 e. The summed E-state index contributed by atoms with van der Waals surface area (Å²) < 4.78 is 10.6. The third kappa shape index (κ3) is 2.88. The summed E-state index contributed by atoms with van der Waals surface area (Å²) >= 11 is 0. The van der Waals surface area contributed by atoms with Gasteiger partial charge in [-0.15, -0.1) is 0 Å². The first kappa shape index (κ1) is 13.5. The molecule has 2 heterocycles. The molecule has 1 aromatic heterocycles. The zero-order valence-corrected chi connectivity index (χ0v) is 11.2. The van der Waals surface area contributed by atoms with Gasteiger partial charge in [0.2, 0.25) is 5.89 Å². The molecular weight excluding hydrogens is 232 g/mol. The monoisotopic (exact) mass is 254 g/mol. The van der Waals surface area contributed by atoms with Crippen LogP contribution in [0.15, 0.2) is 4.52 Å². The number of aromatic nitrogens is 2. The number of nitrogens with zero attached hydrogens (tertiary/aromatic N) is 3. The molecule has 1 fully saturated rings. The Balaban J connectivity index is 1.94. The Labute approximate surface area is 107 Å². The number of likely N-dealkylation sites (N-methyl/N-ethyl adjacent to an activating group) is 1. The number of ether oxygens (including phenoxy) is 1. The number of hydrogen-bond acceptors (Lipinski definition) is 6. The molecule has 102 valence electrons. The standard InChI is InChI=1S/C12H22N4O2/c1-3-16(4-2)7-5-10-14-11(18-15-10)12(13)6-8-17-9-12/h3-9,13H2,1-2H3. The van der Waals surface area contributed by atoms with Crippen molar-refractivity contribution in [1.82, 2.24) is 15.0 Å². The minimum absolute atomic E-state index is 0.463. The highest BCUT2D eigenvalue weighted by molar-refractivity contribution is 5.04. The summed E-state index contributed by atoms with van der Waals surface area (Å²) in [5.74, 6) is 1.24. The van der Waals surface area contributed by atoms with Crippen molar-refractivity contribution in [2.45, 2.75) is 32.2 Å². The zero-order chi connectivity index (χ0) is 13.0. The van der Waals surface area contributed by atoms with Crippen LogP contribution in [0, 0.1) is 0 Å². The van der Waals surface area contributed by atoms with E-state index in [2.05, 4.69) is 28.9 Å². The minimum atomic E-state index is -0.583. The highest BCUT2D eigenvalue weighted by atomic mass is 16.5. The zero-order valence-electron chi connectivity index (χ0n) is 11.2. The van der Waals surface area contributed by atoms with Crippen LogP contribution in [-0.2, 0) is 16.7 Å². The maximum Gasteiger partial charge on any atom is 0.249 e. The van der Waals surface area contributed by atoms with E-state index in [0.717, 1.165) is 38.3 Å². The lowest BCUT2D eigenvalue weighted by atomic mass is 10.0. The van der Waals surface area contributed by atoms with Gasteiger partial charge in [0, 0.05) is 19.6 Å². The summed E-state index contributed by atoms with van der Waals surface area (Å²) in [6, 6.07) is 0. The number of rotatable bonds is 6. The van der Waals surface area contributed by atoms with E-state index >= 15 is 0 Å². The molecule has 1 aromatic rings. The Morgan fingerprint density at radius 2 is 2.17 bits per heavy atom. The molecule has 1 aliphatic rings. The van der Waals surface area contributed by atoms with Crippen LogP contribution in [0.2, 0.25) is 0 Å². The Kier molecular flexibility index (Phi) is 4.31. The Bertz CT molecular complexity index is 370. The van der Waals surface area contributed by atoms with Gasteiger partial charge in [0.05, 0.1) is 6.61 Å². The molecule has 6 nitrogen and oxygen atoms in total. The van der Waals surface area contributed by atoms with Gasteiger partial charge in [-0.2, -0.15) is 4.98 Å². The van der Waals surface area contributed by atoms with Crippen molar-refractivity contribution >= 4 is 0 Å². The molecule has 6 heteroatoms. The summed E-state index contributed by atoms with van der Waals surface area (Å²) in [6.07, 6.45) is 1.53. The van der Waals surface area contributed by atoms with Crippen LogP contribution >= 0.6 is 0 Å². The fraction of sp³-hybridized carbons (Fsp3) is 0.833. The van der Waals surface area contributed by atoms with E-state index in [1.165, 1.54) is 0 Å². The summed E-state index contributed by atoms with van der Waals surface area (Å²) in [5, 5.41) is 4.00. The SMILES string of the molecule is CCN(CC)CCc1noc(C2(N)CCOC2)n1. The average Bonchev–Trinajstić information content (AvgIpc) is 3.00. The van der Waals surface area contributed by atoms with Crippen LogP contribution in [0.1, 0.15) is 32.0 Å². The van der Waals surface area contributed by atoms with E-state index in [1.807, 2.05) is 0 Å². The van der Waals surface area contributed by atoms with Gasteiger partial charge in [-0.3, -0.25) is 0 Å². The second-order valence-electron chi connectivity index (χ2n) is 4.75. The fourth-order valence-corrected chi connectivity index (χ4v) is 2.11. The predicted octanol–water partition coefficient (Wildman–Crippen LogP) is 0.528. The van der Waals surface area contributed by atoms with Gasteiger partial charge >= 0.3 is 0 Å². The maximum atomic E-state index is 6.17. The lowest BCUT2D eigenvalue weighted by molar-refractivity contribution is 0.166. The van der Waals surface area contributed by atoms with E-state index < -0.39 is 5.54 Å². The summed E-state index contributed by atoms with van der Waals surface area (Å²) in [6.45, 7) is 8.44. The van der Waals surface area contributed by atoms with Gasteiger partial charge < -0.3 is 19.9 Å². The van der Waals surface area contributed by atoms with Crippen LogP contribution in [0.5, 0.6) is 0 Å². The Morgan fingerprint density at radius 1 is 1.39 bits per heavy atom. The average molecular weight is 254 g/mol. The second-order valence-corrected chi connectivity index (χ2v) is 4.75. The number of nitrogens with two attached hydrogens (primary N) is 1. The highest BCUT2D eigenvalue weighted by Crippen LogP contribution is 2.26. The molecule has 1 saturated heterocycles. The van der Waals surface area contributed by atoms with Crippen molar-refractivity contribution in [2.24, 2.45) is 5.73 Å². The van der Waals surface area contributed by atoms with Crippen molar-refractivity contribution in [3.8, 4) is 0 Å². The van der Waals surface area contributed by atoms with Crippen LogP contribution in [0.25, 0.3) is 0 Å². The first-order valence-corrected chi connectivity index (χ1v) is 6.60. The van der Waals surface area contributed by atoms with Gasteiger partial charge in [-0.05, 0) is 19.5 Å². The molecule has 1 unspecified atom stereocenters. The molecule has 0 bridgehead atoms. The molecule has 0 aromatic carbocycles. The summed E-state index contributed by atoms with van der Waals surface area (Å²) in [4.78, 5) is 6.72. The van der Waals surface area contributed by atoms with Gasteiger partial charge in [0.15, 0.2) is 5.82 Å². The molecule has 0 aliphatic carbocycles. The Morgan fingerprint density at radius 3 is 2.78 bits per heavy atom. The third-order valence-corrected chi connectivity index (χ3v) is 3.49. The lowest BCUT2D eigenvalue weighted by Gasteiger charge is -2.16. The topological polar surface area (TPSA) is 77.4 Å². The van der Waals surface area contributed by atoms with E-state index in [0.29, 0.717) is 19.1 Å².